The second kappa shape index (κ2) is 7.50. The standard InChI is InChI=1S/C18H18O6/c1-21-12-8-5-7-11(18(20)24-4)15(12)17(19)16-13(22-2)9-6-10-14(16)23-3/h5-10H,1-4H3. The van der Waals surface area contributed by atoms with Crippen molar-refractivity contribution in [1.82, 2.24) is 0 Å². The third-order valence-electron chi connectivity index (χ3n) is 3.53. The van der Waals surface area contributed by atoms with Crippen molar-refractivity contribution in [3.05, 3.63) is 53.1 Å². The van der Waals surface area contributed by atoms with E-state index in [0.29, 0.717) is 11.5 Å². The number of hydrogen-bond acceptors (Lipinski definition) is 6. The highest BCUT2D eigenvalue weighted by atomic mass is 16.5. The number of ketones is 1. The molecule has 2 rings (SSSR count). The largest absolute Gasteiger partial charge is 0.496 e. The first kappa shape index (κ1) is 17.3. The van der Waals surface area contributed by atoms with Gasteiger partial charge in [0.1, 0.15) is 22.8 Å². The lowest BCUT2D eigenvalue weighted by Crippen LogP contribution is -2.14. The summed E-state index contributed by atoms with van der Waals surface area (Å²) in [5.74, 6) is -0.161. The zero-order valence-electron chi connectivity index (χ0n) is 13.9. The van der Waals surface area contributed by atoms with Crippen LogP contribution in [0.5, 0.6) is 17.2 Å². The van der Waals surface area contributed by atoms with Gasteiger partial charge in [0.2, 0.25) is 5.78 Å². The van der Waals surface area contributed by atoms with Gasteiger partial charge >= 0.3 is 5.97 Å². The number of hydrogen-bond donors (Lipinski definition) is 0. The lowest BCUT2D eigenvalue weighted by Gasteiger charge is -2.15. The molecule has 0 saturated carbocycles. The van der Waals surface area contributed by atoms with Crippen molar-refractivity contribution in [3.63, 3.8) is 0 Å². The van der Waals surface area contributed by atoms with Crippen LogP contribution in [0.1, 0.15) is 26.3 Å². The van der Waals surface area contributed by atoms with Gasteiger partial charge in [-0.2, -0.15) is 0 Å². The molecule has 0 fully saturated rings. The Bertz CT molecular complexity index is 744. The first-order valence-electron chi connectivity index (χ1n) is 7.10. The Balaban J connectivity index is 2.73. The monoisotopic (exact) mass is 330 g/mol. The molecule has 0 unspecified atom stereocenters. The van der Waals surface area contributed by atoms with E-state index in [0.717, 1.165) is 0 Å². The molecule has 0 aromatic heterocycles. The fraction of sp³-hybridized carbons (Fsp3) is 0.222. The highest BCUT2D eigenvalue weighted by Crippen LogP contribution is 2.34. The van der Waals surface area contributed by atoms with Gasteiger partial charge in [-0.25, -0.2) is 4.79 Å². The highest BCUT2D eigenvalue weighted by molar-refractivity contribution is 6.18. The van der Waals surface area contributed by atoms with E-state index in [1.807, 2.05) is 0 Å². The molecular formula is C18H18O6. The number of carbonyl (C=O) groups excluding carboxylic acids is 2. The van der Waals surface area contributed by atoms with Gasteiger partial charge in [-0.05, 0) is 24.3 Å². The Morgan fingerprint density at radius 2 is 1.17 bits per heavy atom. The van der Waals surface area contributed by atoms with Crippen LogP contribution in [0.3, 0.4) is 0 Å². The van der Waals surface area contributed by atoms with E-state index in [1.165, 1.54) is 34.5 Å². The van der Waals surface area contributed by atoms with E-state index < -0.39 is 11.8 Å². The average Bonchev–Trinajstić information content (AvgIpc) is 2.65. The molecule has 24 heavy (non-hydrogen) atoms. The van der Waals surface area contributed by atoms with Crippen LogP contribution in [0.15, 0.2) is 36.4 Å². The summed E-state index contributed by atoms with van der Waals surface area (Å²) < 4.78 is 20.6. The van der Waals surface area contributed by atoms with Crippen LogP contribution >= 0.6 is 0 Å². The Morgan fingerprint density at radius 3 is 1.62 bits per heavy atom. The topological polar surface area (TPSA) is 71.1 Å². The molecule has 0 aliphatic carbocycles. The minimum absolute atomic E-state index is 0.0923. The first-order chi connectivity index (χ1) is 11.6. The summed E-state index contributed by atoms with van der Waals surface area (Å²) in [6, 6.07) is 9.70. The van der Waals surface area contributed by atoms with Crippen molar-refractivity contribution in [1.29, 1.82) is 0 Å². The summed E-state index contributed by atoms with van der Waals surface area (Å²) in [7, 11) is 5.58. The molecular weight excluding hydrogens is 312 g/mol. The minimum Gasteiger partial charge on any atom is -0.496 e. The molecule has 0 aliphatic rings. The number of carbonyl (C=O) groups is 2. The molecule has 0 radical (unpaired) electrons. The van der Waals surface area contributed by atoms with E-state index >= 15 is 0 Å². The van der Waals surface area contributed by atoms with Gasteiger partial charge in [-0.3, -0.25) is 4.79 Å². The van der Waals surface area contributed by atoms with Crippen molar-refractivity contribution in [2.75, 3.05) is 28.4 Å². The van der Waals surface area contributed by atoms with E-state index in [9.17, 15) is 9.59 Å². The van der Waals surface area contributed by atoms with Crippen LogP contribution in [-0.4, -0.2) is 40.2 Å². The van der Waals surface area contributed by atoms with Gasteiger partial charge in [0.15, 0.2) is 0 Å². The zero-order valence-corrected chi connectivity index (χ0v) is 13.9. The fourth-order valence-corrected chi connectivity index (χ4v) is 2.42. The summed E-state index contributed by atoms with van der Waals surface area (Å²) >= 11 is 0. The molecule has 0 bridgehead atoms. The SMILES string of the molecule is COC(=O)c1cccc(OC)c1C(=O)c1c(OC)cccc1OC. The van der Waals surface area contributed by atoms with E-state index in [1.54, 1.807) is 30.3 Å². The van der Waals surface area contributed by atoms with Gasteiger partial charge in [-0.15, -0.1) is 0 Å². The minimum atomic E-state index is -0.633. The van der Waals surface area contributed by atoms with E-state index in [2.05, 4.69) is 0 Å². The van der Waals surface area contributed by atoms with Gasteiger partial charge in [-0.1, -0.05) is 12.1 Å². The Morgan fingerprint density at radius 1 is 0.708 bits per heavy atom. The average molecular weight is 330 g/mol. The molecule has 0 aliphatic heterocycles. The predicted molar refractivity (Wildman–Crippen MR) is 87.3 cm³/mol. The maximum Gasteiger partial charge on any atom is 0.338 e. The zero-order chi connectivity index (χ0) is 17.7. The van der Waals surface area contributed by atoms with Crippen molar-refractivity contribution in [2.24, 2.45) is 0 Å². The highest BCUT2D eigenvalue weighted by Gasteiger charge is 2.27. The maximum atomic E-state index is 13.2. The van der Waals surface area contributed by atoms with E-state index in [-0.39, 0.29) is 22.4 Å². The summed E-state index contributed by atoms with van der Waals surface area (Å²) in [6.45, 7) is 0. The molecule has 2 aromatic carbocycles. The Hall–Kier alpha value is -3.02. The van der Waals surface area contributed by atoms with Crippen molar-refractivity contribution < 1.29 is 28.5 Å². The predicted octanol–water partition coefficient (Wildman–Crippen LogP) is 2.73. The molecule has 6 nitrogen and oxygen atoms in total. The summed E-state index contributed by atoms with van der Waals surface area (Å²) in [4.78, 5) is 25.2. The molecule has 0 N–H and O–H groups in total. The van der Waals surface area contributed by atoms with Crippen LogP contribution in [-0.2, 0) is 4.74 Å². The molecule has 0 heterocycles. The number of benzene rings is 2. The quantitative estimate of drug-likeness (QED) is 0.599. The molecule has 0 atom stereocenters. The molecule has 126 valence electrons. The second-order valence-corrected chi connectivity index (χ2v) is 4.74. The van der Waals surface area contributed by atoms with Crippen LogP contribution in [0, 0.1) is 0 Å². The van der Waals surface area contributed by atoms with Gasteiger partial charge in [0.05, 0.1) is 39.6 Å². The van der Waals surface area contributed by atoms with Crippen molar-refractivity contribution in [2.45, 2.75) is 0 Å². The lowest BCUT2D eigenvalue weighted by atomic mass is 9.96. The smallest absolute Gasteiger partial charge is 0.338 e. The second-order valence-electron chi connectivity index (χ2n) is 4.74. The van der Waals surface area contributed by atoms with Crippen LogP contribution in [0.25, 0.3) is 0 Å². The third kappa shape index (κ3) is 3.03. The maximum absolute atomic E-state index is 13.2. The lowest BCUT2D eigenvalue weighted by molar-refractivity contribution is 0.0597. The van der Waals surface area contributed by atoms with E-state index in [4.69, 9.17) is 18.9 Å². The number of esters is 1. The third-order valence-corrected chi connectivity index (χ3v) is 3.53. The first-order valence-corrected chi connectivity index (χ1v) is 7.10. The summed E-state index contributed by atoms with van der Waals surface area (Å²) in [5, 5.41) is 0. The number of ether oxygens (including phenoxy) is 4. The van der Waals surface area contributed by atoms with Crippen LogP contribution < -0.4 is 14.2 Å². The molecule has 0 saturated heterocycles. The number of rotatable bonds is 6. The van der Waals surface area contributed by atoms with Crippen LogP contribution in [0.2, 0.25) is 0 Å². The molecule has 6 heteroatoms. The van der Waals surface area contributed by atoms with Crippen LogP contribution in [0.4, 0.5) is 0 Å². The Kier molecular flexibility index (Phi) is 5.42. The van der Waals surface area contributed by atoms with Gasteiger partial charge in [0, 0.05) is 0 Å². The van der Waals surface area contributed by atoms with Gasteiger partial charge < -0.3 is 18.9 Å². The molecule has 0 spiro atoms. The number of methoxy groups -OCH3 is 4. The van der Waals surface area contributed by atoms with Crippen molar-refractivity contribution >= 4 is 11.8 Å². The molecule has 0 amide bonds. The normalized spacial score (nSPS) is 10.0. The molecule has 2 aromatic rings. The Labute approximate surface area is 139 Å². The summed E-state index contributed by atoms with van der Waals surface area (Å²) in [5.41, 5.74) is 0.404. The van der Waals surface area contributed by atoms with Gasteiger partial charge in [0.25, 0.3) is 0 Å². The fourth-order valence-electron chi connectivity index (χ4n) is 2.42. The van der Waals surface area contributed by atoms with Crippen molar-refractivity contribution in [3.8, 4) is 17.2 Å². The summed E-state index contributed by atoms with van der Waals surface area (Å²) in [6.07, 6.45) is 0.